The lowest BCUT2D eigenvalue weighted by molar-refractivity contribution is 0.477. The van der Waals surface area contributed by atoms with Gasteiger partial charge in [-0.2, -0.15) is 5.26 Å². The third-order valence-corrected chi connectivity index (χ3v) is 4.21. The zero-order chi connectivity index (χ0) is 18.8. The predicted octanol–water partition coefficient (Wildman–Crippen LogP) is 5.30. The Bertz CT molecular complexity index is 1200. The fourth-order valence-corrected chi connectivity index (χ4v) is 2.80. The Morgan fingerprint density at radius 2 is 1.78 bits per heavy atom. The van der Waals surface area contributed by atoms with Gasteiger partial charge < -0.3 is 5.11 Å². The zero-order valence-corrected chi connectivity index (χ0v) is 14.5. The molecule has 4 rings (SSSR count). The summed E-state index contributed by atoms with van der Waals surface area (Å²) >= 11 is 0. The highest BCUT2D eigenvalue weighted by Crippen LogP contribution is 2.35. The van der Waals surface area contributed by atoms with Crippen LogP contribution < -0.4 is 0 Å². The molecule has 0 aliphatic carbocycles. The van der Waals surface area contributed by atoms with E-state index >= 15 is 0 Å². The molecule has 0 spiro atoms. The van der Waals surface area contributed by atoms with Gasteiger partial charge in [0.15, 0.2) is 17.2 Å². The van der Waals surface area contributed by atoms with Crippen molar-refractivity contribution >= 4 is 17.2 Å². The van der Waals surface area contributed by atoms with Gasteiger partial charge in [-0.3, -0.25) is 4.40 Å². The monoisotopic (exact) mass is 353 g/mol. The number of nitrogens with zero attached hydrogens (tertiary/aromatic N) is 5. The molecule has 0 unspecified atom stereocenters. The largest absolute Gasteiger partial charge is 0.504 e. The molecule has 2 aromatic carbocycles. The maximum atomic E-state index is 10.2. The van der Waals surface area contributed by atoms with Crippen molar-refractivity contribution in [2.45, 2.75) is 6.92 Å². The van der Waals surface area contributed by atoms with Crippen molar-refractivity contribution in [2.24, 2.45) is 10.2 Å². The normalized spacial score (nSPS) is 11.1. The second-order valence-corrected chi connectivity index (χ2v) is 6.07. The van der Waals surface area contributed by atoms with Crippen molar-refractivity contribution in [1.82, 2.24) is 9.38 Å². The highest BCUT2D eigenvalue weighted by Gasteiger charge is 2.16. The van der Waals surface area contributed by atoms with Crippen molar-refractivity contribution in [3.05, 3.63) is 78.0 Å². The van der Waals surface area contributed by atoms with Crippen LogP contribution in [0, 0.1) is 18.3 Å². The SMILES string of the molecule is Cc1ccc(-c2nc3c(O)cccn3c2N=Nc2ccccc2C#N)cc1. The molecule has 0 aliphatic heterocycles. The summed E-state index contributed by atoms with van der Waals surface area (Å²) in [5.41, 5.74) is 3.92. The van der Waals surface area contributed by atoms with Gasteiger partial charge in [0.05, 0.1) is 5.56 Å². The minimum atomic E-state index is 0.0599. The first-order valence-corrected chi connectivity index (χ1v) is 8.35. The third kappa shape index (κ3) is 3.02. The molecular formula is C21H15N5O. The molecule has 0 bridgehead atoms. The van der Waals surface area contributed by atoms with Gasteiger partial charge in [0, 0.05) is 11.8 Å². The topological polar surface area (TPSA) is 86.0 Å². The molecule has 4 aromatic rings. The van der Waals surface area contributed by atoms with Crippen LogP contribution in [0.15, 0.2) is 77.1 Å². The second-order valence-electron chi connectivity index (χ2n) is 6.07. The average Bonchev–Trinajstić information content (AvgIpc) is 3.07. The number of aromatic nitrogens is 2. The first kappa shape index (κ1) is 16.5. The van der Waals surface area contributed by atoms with Crippen LogP contribution in [-0.4, -0.2) is 14.5 Å². The number of nitriles is 1. The molecule has 0 fully saturated rings. The van der Waals surface area contributed by atoms with Gasteiger partial charge in [-0.25, -0.2) is 4.98 Å². The molecule has 0 aliphatic rings. The van der Waals surface area contributed by atoms with E-state index in [1.165, 1.54) is 0 Å². The molecule has 0 amide bonds. The lowest BCUT2D eigenvalue weighted by Crippen LogP contribution is -1.83. The second kappa shape index (κ2) is 6.73. The Kier molecular flexibility index (Phi) is 4.11. The fraction of sp³-hybridized carbons (Fsp3) is 0.0476. The van der Waals surface area contributed by atoms with Gasteiger partial charge in [-0.1, -0.05) is 42.0 Å². The summed E-state index contributed by atoms with van der Waals surface area (Å²) in [7, 11) is 0. The highest BCUT2D eigenvalue weighted by molar-refractivity contribution is 5.76. The van der Waals surface area contributed by atoms with Crippen molar-refractivity contribution in [1.29, 1.82) is 5.26 Å². The lowest BCUT2D eigenvalue weighted by Gasteiger charge is -2.01. The number of aryl methyl sites for hydroxylation is 1. The molecule has 0 saturated carbocycles. The van der Waals surface area contributed by atoms with E-state index in [2.05, 4.69) is 21.3 Å². The van der Waals surface area contributed by atoms with E-state index in [1.807, 2.05) is 31.2 Å². The number of aromatic hydroxyl groups is 1. The van der Waals surface area contributed by atoms with E-state index in [1.54, 1.807) is 47.0 Å². The standard InChI is InChI=1S/C21H15N5O/c1-14-8-10-15(11-9-14)19-21(26-12-4-7-18(27)20(26)23-19)25-24-17-6-3-2-5-16(17)13-22/h2-12,27H,1H3. The van der Waals surface area contributed by atoms with E-state index in [4.69, 9.17) is 0 Å². The summed E-state index contributed by atoms with van der Waals surface area (Å²) in [6, 6.07) is 20.3. The van der Waals surface area contributed by atoms with E-state index < -0.39 is 0 Å². The van der Waals surface area contributed by atoms with Gasteiger partial charge in [0.2, 0.25) is 0 Å². The summed E-state index contributed by atoms with van der Waals surface area (Å²) in [4.78, 5) is 4.56. The molecule has 0 radical (unpaired) electrons. The Balaban J connectivity index is 1.91. The summed E-state index contributed by atoms with van der Waals surface area (Å²) in [5.74, 6) is 0.544. The van der Waals surface area contributed by atoms with E-state index in [-0.39, 0.29) is 5.75 Å². The Morgan fingerprint density at radius 3 is 2.56 bits per heavy atom. The summed E-state index contributed by atoms with van der Waals surface area (Å²) < 4.78 is 1.68. The minimum absolute atomic E-state index is 0.0599. The molecule has 1 N–H and O–H groups in total. The summed E-state index contributed by atoms with van der Waals surface area (Å²) in [5, 5.41) is 28.0. The predicted molar refractivity (Wildman–Crippen MR) is 102 cm³/mol. The number of benzene rings is 2. The maximum absolute atomic E-state index is 10.2. The molecule has 2 aromatic heterocycles. The number of rotatable bonds is 3. The first-order chi connectivity index (χ1) is 13.2. The first-order valence-electron chi connectivity index (χ1n) is 8.35. The van der Waals surface area contributed by atoms with Crippen LogP contribution in [0.3, 0.4) is 0 Å². The van der Waals surface area contributed by atoms with Crippen LogP contribution in [0.4, 0.5) is 11.5 Å². The molecule has 130 valence electrons. The fourth-order valence-electron chi connectivity index (χ4n) is 2.80. The maximum Gasteiger partial charge on any atom is 0.187 e. The Morgan fingerprint density at radius 1 is 1.00 bits per heavy atom. The van der Waals surface area contributed by atoms with Crippen LogP contribution in [0.1, 0.15) is 11.1 Å². The van der Waals surface area contributed by atoms with Gasteiger partial charge in [0.1, 0.15) is 17.5 Å². The van der Waals surface area contributed by atoms with Crippen LogP contribution in [0.25, 0.3) is 16.9 Å². The van der Waals surface area contributed by atoms with E-state index in [9.17, 15) is 10.4 Å². The number of hydrogen-bond donors (Lipinski definition) is 1. The number of azo groups is 1. The lowest BCUT2D eigenvalue weighted by atomic mass is 10.1. The molecule has 0 atom stereocenters. The molecule has 6 heteroatoms. The Labute approximate surface area is 155 Å². The van der Waals surface area contributed by atoms with Crippen LogP contribution >= 0.6 is 0 Å². The van der Waals surface area contributed by atoms with Gasteiger partial charge >= 0.3 is 0 Å². The quantitative estimate of drug-likeness (QED) is 0.507. The highest BCUT2D eigenvalue weighted by atomic mass is 16.3. The van der Waals surface area contributed by atoms with Crippen molar-refractivity contribution < 1.29 is 5.11 Å². The van der Waals surface area contributed by atoms with Crippen molar-refractivity contribution in [3.63, 3.8) is 0 Å². The molecule has 27 heavy (non-hydrogen) atoms. The molecular weight excluding hydrogens is 338 g/mol. The summed E-state index contributed by atoms with van der Waals surface area (Å²) in [6.07, 6.45) is 1.77. The third-order valence-electron chi connectivity index (χ3n) is 4.21. The minimum Gasteiger partial charge on any atom is -0.504 e. The number of imidazole rings is 1. The van der Waals surface area contributed by atoms with E-state index in [0.717, 1.165) is 11.1 Å². The van der Waals surface area contributed by atoms with Gasteiger partial charge in [-0.15, -0.1) is 10.2 Å². The van der Waals surface area contributed by atoms with Gasteiger partial charge in [0.25, 0.3) is 0 Å². The van der Waals surface area contributed by atoms with Crippen molar-refractivity contribution in [2.75, 3.05) is 0 Å². The molecule has 6 nitrogen and oxygen atoms in total. The van der Waals surface area contributed by atoms with Crippen molar-refractivity contribution in [3.8, 4) is 23.1 Å². The number of pyridine rings is 1. The smallest absolute Gasteiger partial charge is 0.187 e. The van der Waals surface area contributed by atoms with Crippen LogP contribution in [0.2, 0.25) is 0 Å². The van der Waals surface area contributed by atoms with E-state index in [0.29, 0.717) is 28.4 Å². The van der Waals surface area contributed by atoms with Crippen LogP contribution in [0.5, 0.6) is 5.75 Å². The zero-order valence-electron chi connectivity index (χ0n) is 14.5. The number of fused-ring (bicyclic) bond motifs is 1. The van der Waals surface area contributed by atoms with Crippen LogP contribution in [-0.2, 0) is 0 Å². The summed E-state index contributed by atoms with van der Waals surface area (Å²) in [6.45, 7) is 2.01. The molecule has 0 saturated heterocycles. The average molecular weight is 353 g/mol. The Hall–Kier alpha value is -3.98. The molecule has 2 heterocycles. The number of hydrogen-bond acceptors (Lipinski definition) is 5. The van der Waals surface area contributed by atoms with Gasteiger partial charge in [-0.05, 0) is 31.2 Å².